The zero-order valence-electron chi connectivity index (χ0n) is 17.8. The molecule has 0 aliphatic carbocycles. The van der Waals surface area contributed by atoms with Crippen molar-refractivity contribution >= 4 is 57.1 Å². The van der Waals surface area contributed by atoms with Crippen molar-refractivity contribution in [2.75, 3.05) is 18.0 Å². The standard InChI is InChI=1S/C23H22ClN5O2S/c1-3-16-19(24)18-20(26-16)27-23(28-21(18)29-8-4-5-9-29)32-13-6-7-17-14(11-13)15(22(30)31)10-12(2)25-17/h6-7,10-11H,3-5,8-9H2,1-2H3,(H,30,31)(H,26,27,28). The summed E-state index contributed by atoms with van der Waals surface area (Å²) < 4.78 is 0. The number of anilines is 1. The quantitative estimate of drug-likeness (QED) is 0.375. The van der Waals surface area contributed by atoms with Gasteiger partial charge in [-0.3, -0.25) is 4.98 Å². The highest BCUT2D eigenvalue weighted by atomic mass is 35.5. The highest BCUT2D eigenvalue weighted by molar-refractivity contribution is 7.99. The van der Waals surface area contributed by atoms with E-state index in [-0.39, 0.29) is 5.56 Å². The Morgan fingerprint density at radius 3 is 2.72 bits per heavy atom. The molecule has 0 amide bonds. The number of carboxylic acids is 1. The molecule has 164 valence electrons. The molecule has 5 rings (SSSR count). The summed E-state index contributed by atoms with van der Waals surface area (Å²) in [5.41, 5.74) is 3.26. The van der Waals surface area contributed by atoms with Gasteiger partial charge in [0.15, 0.2) is 5.16 Å². The molecule has 0 spiro atoms. The van der Waals surface area contributed by atoms with Gasteiger partial charge in [0.25, 0.3) is 0 Å². The molecule has 3 aromatic heterocycles. The summed E-state index contributed by atoms with van der Waals surface area (Å²) in [6.07, 6.45) is 3.05. The summed E-state index contributed by atoms with van der Waals surface area (Å²) in [7, 11) is 0. The van der Waals surface area contributed by atoms with Gasteiger partial charge in [-0.25, -0.2) is 14.8 Å². The number of aryl methyl sites for hydroxylation is 2. The van der Waals surface area contributed by atoms with Gasteiger partial charge >= 0.3 is 5.97 Å². The Kier molecular flexibility index (Phi) is 5.43. The molecule has 0 atom stereocenters. The van der Waals surface area contributed by atoms with Crippen LogP contribution in [0.3, 0.4) is 0 Å². The van der Waals surface area contributed by atoms with Crippen LogP contribution in [0.1, 0.15) is 41.5 Å². The Morgan fingerprint density at radius 1 is 1.22 bits per heavy atom. The molecule has 1 aliphatic heterocycles. The molecule has 1 aromatic carbocycles. The zero-order valence-corrected chi connectivity index (χ0v) is 19.3. The van der Waals surface area contributed by atoms with Gasteiger partial charge in [0.05, 0.1) is 21.5 Å². The Balaban J connectivity index is 1.61. The molecule has 1 saturated heterocycles. The number of aromatic carboxylic acids is 1. The van der Waals surface area contributed by atoms with Crippen molar-refractivity contribution in [3.05, 3.63) is 46.2 Å². The zero-order chi connectivity index (χ0) is 22.4. The third-order valence-electron chi connectivity index (χ3n) is 5.73. The number of H-pyrrole nitrogens is 1. The first-order valence-corrected chi connectivity index (χ1v) is 11.8. The molecule has 4 heterocycles. The Bertz CT molecular complexity index is 1360. The number of aromatic nitrogens is 4. The van der Waals surface area contributed by atoms with Crippen molar-refractivity contribution in [1.29, 1.82) is 0 Å². The molecular weight excluding hydrogens is 446 g/mol. The summed E-state index contributed by atoms with van der Waals surface area (Å²) in [5, 5.41) is 12.4. The smallest absolute Gasteiger partial charge is 0.336 e. The second-order valence-electron chi connectivity index (χ2n) is 7.92. The number of nitrogens with zero attached hydrogens (tertiary/aromatic N) is 4. The normalized spacial score (nSPS) is 14.0. The maximum atomic E-state index is 11.8. The maximum absolute atomic E-state index is 11.8. The van der Waals surface area contributed by atoms with E-state index in [1.54, 1.807) is 13.0 Å². The molecule has 0 saturated carbocycles. The minimum absolute atomic E-state index is 0.243. The number of halogens is 1. The molecule has 32 heavy (non-hydrogen) atoms. The second kappa shape index (κ2) is 8.26. The lowest BCUT2D eigenvalue weighted by Crippen LogP contribution is -2.19. The maximum Gasteiger partial charge on any atom is 0.336 e. The number of nitrogens with one attached hydrogen (secondary N) is 1. The number of pyridine rings is 1. The molecule has 1 aliphatic rings. The second-order valence-corrected chi connectivity index (χ2v) is 9.33. The van der Waals surface area contributed by atoms with Crippen molar-refractivity contribution in [3.8, 4) is 0 Å². The molecule has 7 nitrogen and oxygen atoms in total. The predicted molar refractivity (Wildman–Crippen MR) is 127 cm³/mol. The highest BCUT2D eigenvalue weighted by Crippen LogP contribution is 2.38. The van der Waals surface area contributed by atoms with E-state index in [4.69, 9.17) is 21.6 Å². The summed E-state index contributed by atoms with van der Waals surface area (Å²) in [5.74, 6) is -0.106. The largest absolute Gasteiger partial charge is 0.478 e. The predicted octanol–water partition coefficient (Wildman–Crippen LogP) is 5.48. The van der Waals surface area contributed by atoms with E-state index >= 15 is 0 Å². The van der Waals surface area contributed by atoms with E-state index in [9.17, 15) is 9.90 Å². The van der Waals surface area contributed by atoms with E-state index in [0.29, 0.717) is 26.8 Å². The number of fused-ring (bicyclic) bond motifs is 2. The monoisotopic (exact) mass is 467 g/mol. The fourth-order valence-corrected chi connectivity index (χ4v) is 5.35. The Morgan fingerprint density at radius 2 is 2.00 bits per heavy atom. The van der Waals surface area contributed by atoms with E-state index in [0.717, 1.165) is 59.8 Å². The van der Waals surface area contributed by atoms with Crippen LogP contribution in [0.25, 0.3) is 21.9 Å². The van der Waals surface area contributed by atoms with Gasteiger partial charge in [-0.1, -0.05) is 18.5 Å². The van der Waals surface area contributed by atoms with Crippen molar-refractivity contribution in [2.24, 2.45) is 0 Å². The summed E-state index contributed by atoms with van der Waals surface area (Å²) >= 11 is 8.08. The van der Waals surface area contributed by atoms with Gasteiger partial charge in [0.1, 0.15) is 11.5 Å². The van der Waals surface area contributed by atoms with Crippen LogP contribution in [-0.2, 0) is 6.42 Å². The first kappa shape index (κ1) is 21.0. The van der Waals surface area contributed by atoms with Crippen molar-refractivity contribution < 1.29 is 9.90 Å². The van der Waals surface area contributed by atoms with Gasteiger partial charge < -0.3 is 15.0 Å². The lowest BCUT2D eigenvalue weighted by Gasteiger charge is -2.18. The fraction of sp³-hybridized carbons (Fsp3) is 0.304. The van der Waals surface area contributed by atoms with Crippen molar-refractivity contribution in [3.63, 3.8) is 0 Å². The molecule has 2 N–H and O–H groups in total. The van der Waals surface area contributed by atoms with Crippen molar-refractivity contribution in [2.45, 2.75) is 43.2 Å². The molecule has 0 unspecified atom stereocenters. The molecule has 1 fully saturated rings. The average molecular weight is 468 g/mol. The van der Waals surface area contributed by atoms with Crippen LogP contribution in [0.15, 0.2) is 34.3 Å². The van der Waals surface area contributed by atoms with E-state index < -0.39 is 5.97 Å². The van der Waals surface area contributed by atoms with Crippen LogP contribution in [-0.4, -0.2) is 44.1 Å². The molecule has 9 heteroatoms. The van der Waals surface area contributed by atoms with E-state index in [1.165, 1.54) is 11.8 Å². The number of carboxylic acid groups (broad SMARTS) is 1. The minimum Gasteiger partial charge on any atom is -0.478 e. The Labute approximate surface area is 194 Å². The number of benzene rings is 1. The first-order valence-electron chi connectivity index (χ1n) is 10.6. The third kappa shape index (κ3) is 3.67. The molecule has 0 radical (unpaired) electrons. The first-order chi connectivity index (χ1) is 15.4. The van der Waals surface area contributed by atoms with Crippen LogP contribution in [0.5, 0.6) is 0 Å². The van der Waals surface area contributed by atoms with Gasteiger partial charge in [0, 0.05) is 34.8 Å². The molecule has 4 aromatic rings. The summed E-state index contributed by atoms with van der Waals surface area (Å²) in [6.45, 7) is 5.74. The molecular formula is C23H22ClN5O2S. The number of rotatable bonds is 5. The lowest BCUT2D eigenvalue weighted by molar-refractivity contribution is 0.0699. The number of carbonyl (C=O) groups is 1. The van der Waals surface area contributed by atoms with Gasteiger partial charge in [-0.15, -0.1) is 0 Å². The minimum atomic E-state index is -0.968. The highest BCUT2D eigenvalue weighted by Gasteiger charge is 2.23. The average Bonchev–Trinajstić information content (AvgIpc) is 3.41. The van der Waals surface area contributed by atoms with Gasteiger partial charge in [-0.2, -0.15) is 0 Å². The van der Waals surface area contributed by atoms with Crippen LogP contribution < -0.4 is 4.90 Å². The van der Waals surface area contributed by atoms with Crippen molar-refractivity contribution in [1.82, 2.24) is 19.9 Å². The number of hydrogen-bond donors (Lipinski definition) is 2. The topological polar surface area (TPSA) is 95.0 Å². The van der Waals surface area contributed by atoms with Gasteiger partial charge in [0.2, 0.25) is 0 Å². The van der Waals surface area contributed by atoms with Crippen LogP contribution in [0.4, 0.5) is 5.82 Å². The van der Waals surface area contributed by atoms with Crippen LogP contribution in [0, 0.1) is 6.92 Å². The van der Waals surface area contributed by atoms with Crippen LogP contribution >= 0.6 is 23.4 Å². The van der Waals surface area contributed by atoms with E-state index in [1.807, 2.05) is 18.2 Å². The summed E-state index contributed by atoms with van der Waals surface area (Å²) in [4.78, 5) is 32.3. The molecule has 0 bridgehead atoms. The third-order valence-corrected chi connectivity index (χ3v) is 7.00. The lowest BCUT2D eigenvalue weighted by atomic mass is 10.1. The summed E-state index contributed by atoms with van der Waals surface area (Å²) in [6, 6.07) is 7.21. The SMILES string of the molecule is CCc1[nH]c2nc(Sc3ccc4nc(C)cc(C(=O)O)c4c3)nc(N3CCCC3)c2c1Cl. The van der Waals surface area contributed by atoms with Gasteiger partial charge in [-0.05, 0) is 62.2 Å². The van der Waals surface area contributed by atoms with Crippen LogP contribution in [0.2, 0.25) is 5.02 Å². The number of hydrogen-bond acceptors (Lipinski definition) is 6. The Hall–Kier alpha value is -2.84. The number of aromatic amines is 1. The van der Waals surface area contributed by atoms with E-state index in [2.05, 4.69) is 21.8 Å². The fourth-order valence-electron chi connectivity index (χ4n) is 4.20.